The van der Waals surface area contributed by atoms with Gasteiger partial charge in [-0.15, -0.1) is 0 Å². The molecule has 1 aliphatic rings. The zero-order valence-electron chi connectivity index (χ0n) is 15.5. The molecule has 1 unspecified atom stereocenters. The number of pyridine rings is 2. The summed E-state index contributed by atoms with van der Waals surface area (Å²) in [5.41, 5.74) is 3.79. The first-order chi connectivity index (χ1) is 13.6. The first kappa shape index (κ1) is 17.9. The molecule has 28 heavy (non-hydrogen) atoms. The maximum absolute atomic E-state index is 13.0. The van der Waals surface area contributed by atoms with Crippen LogP contribution in [-0.2, 0) is 11.3 Å². The van der Waals surface area contributed by atoms with Crippen LogP contribution in [0.2, 0.25) is 0 Å². The third kappa shape index (κ3) is 3.49. The monoisotopic (exact) mass is 372 g/mol. The van der Waals surface area contributed by atoms with Crippen molar-refractivity contribution in [2.24, 2.45) is 0 Å². The molecule has 1 aromatic carbocycles. The van der Waals surface area contributed by atoms with Crippen LogP contribution < -0.4 is 10.2 Å². The van der Waals surface area contributed by atoms with E-state index in [-0.39, 0.29) is 18.2 Å². The second-order valence-corrected chi connectivity index (χ2v) is 6.77. The van der Waals surface area contributed by atoms with Gasteiger partial charge in [-0.3, -0.25) is 24.5 Å². The summed E-state index contributed by atoms with van der Waals surface area (Å²) in [5.74, 6) is -0.282. The number of carbonyl (C=O) groups excluding carboxylic acids is 2. The predicted molar refractivity (Wildman–Crippen MR) is 106 cm³/mol. The van der Waals surface area contributed by atoms with Crippen LogP contribution in [0.1, 0.15) is 39.8 Å². The van der Waals surface area contributed by atoms with Crippen molar-refractivity contribution >= 4 is 17.5 Å². The van der Waals surface area contributed by atoms with Crippen molar-refractivity contribution in [1.29, 1.82) is 0 Å². The molecule has 4 rings (SSSR count). The highest BCUT2D eigenvalue weighted by molar-refractivity contribution is 6.11. The maximum Gasteiger partial charge on any atom is 0.260 e. The standard InChI is InChI=1S/C22H20N4O2/c1-15-6-4-8-17(12-15)26-19(21-18(22(26)28)9-5-11-24-21)13-20(27)25-14-16-7-2-3-10-23-16/h2-12,19H,13-14H2,1H3,(H,25,27). The van der Waals surface area contributed by atoms with Crippen molar-refractivity contribution in [3.05, 3.63) is 89.5 Å². The molecule has 0 saturated heterocycles. The molecule has 0 saturated carbocycles. The summed E-state index contributed by atoms with van der Waals surface area (Å²) in [6, 6.07) is 16.4. The number of nitrogens with zero attached hydrogens (tertiary/aromatic N) is 3. The first-order valence-electron chi connectivity index (χ1n) is 9.15. The number of nitrogens with one attached hydrogen (secondary N) is 1. The average molecular weight is 372 g/mol. The largest absolute Gasteiger partial charge is 0.350 e. The molecule has 2 aromatic heterocycles. The molecule has 1 N–H and O–H groups in total. The highest BCUT2D eigenvalue weighted by atomic mass is 16.2. The molecule has 140 valence electrons. The Labute approximate surface area is 163 Å². The number of aromatic nitrogens is 2. The van der Waals surface area contributed by atoms with E-state index in [4.69, 9.17) is 0 Å². The van der Waals surface area contributed by atoms with Gasteiger partial charge >= 0.3 is 0 Å². The van der Waals surface area contributed by atoms with Gasteiger partial charge in [-0.25, -0.2) is 0 Å². The summed E-state index contributed by atoms with van der Waals surface area (Å²) in [5, 5.41) is 2.89. The van der Waals surface area contributed by atoms with Crippen molar-refractivity contribution in [3.63, 3.8) is 0 Å². The van der Waals surface area contributed by atoms with E-state index in [2.05, 4.69) is 15.3 Å². The van der Waals surface area contributed by atoms with Gasteiger partial charge in [0.15, 0.2) is 0 Å². The Bertz CT molecular complexity index is 1020. The van der Waals surface area contributed by atoms with Crippen molar-refractivity contribution in [1.82, 2.24) is 15.3 Å². The van der Waals surface area contributed by atoms with Crippen LogP contribution in [0.3, 0.4) is 0 Å². The Morgan fingerprint density at radius 2 is 1.93 bits per heavy atom. The van der Waals surface area contributed by atoms with Gasteiger partial charge in [-0.05, 0) is 48.9 Å². The van der Waals surface area contributed by atoms with Gasteiger partial charge in [-0.1, -0.05) is 18.2 Å². The lowest BCUT2D eigenvalue weighted by molar-refractivity contribution is -0.121. The fraction of sp³-hybridized carbons (Fsp3) is 0.182. The van der Waals surface area contributed by atoms with Crippen LogP contribution in [0.4, 0.5) is 5.69 Å². The summed E-state index contributed by atoms with van der Waals surface area (Å²) in [4.78, 5) is 35.9. The summed E-state index contributed by atoms with van der Waals surface area (Å²) in [7, 11) is 0. The van der Waals surface area contributed by atoms with E-state index in [1.807, 2.05) is 49.4 Å². The Morgan fingerprint density at radius 1 is 1.07 bits per heavy atom. The quantitative estimate of drug-likeness (QED) is 0.746. The highest BCUT2D eigenvalue weighted by Gasteiger charge is 2.39. The van der Waals surface area contributed by atoms with Crippen LogP contribution in [-0.4, -0.2) is 21.8 Å². The van der Waals surface area contributed by atoms with Gasteiger partial charge in [0.2, 0.25) is 5.91 Å². The number of hydrogen-bond acceptors (Lipinski definition) is 4. The zero-order valence-corrected chi connectivity index (χ0v) is 15.5. The lowest BCUT2D eigenvalue weighted by Gasteiger charge is -2.25. The molecule has 0 aliphatic carbocycles. The molecule has 0 radical (unpaired) electrons. The Hall–Kier alpha value is -3.54. The molecule has 6 heteroatoms. The summed E-state index contributed by atoms with van der Waals surface area (Å²) in [6.45, 7) is 2.32. The molecule has 1 aliphatic heterocycles. The van der Waals surface area contributed by atoms with E-state index in [1.165, 1.54) is 0 Å². The third-order valence-corrected chi connectivity index (χ3v) is 4.77. The van der Waals surface area contributed by atoms with Crippen LogP contribution in [0.25, 0.3) is 0 Å². The predicted octanol–water partition coefficient (Wildman–Crippen LogP) is 3.19. The number of carbonyl (C=O) groups is 2. The van der Waals surface area contributed by atoms with Crippen molar-refractivity contribution < 1.29 is 9.59 Å². The molecule has 0 fully saturated rings. The lowest BCUT2D eigenvalue weighted by Crippen LogP contribution is -2.33. The van der Waals surface area contributed by atoms with Gasteiger partial charge in [0, 0.05) is 18.1 Å². The molecule has 2 amide bonds. The van der Waals surface area contributed by atoms with E-state index in [9.17, 15) is 9.59 Å². The van der Waals surface area contributed by atoms with Gasteiger partial charge < -0.3 is 5.32 Å². The van der Waals surface area contributed by atoms with Crippen LogP contribution >= 0.6 is 0 Å². The topological polar surface area (TPSA) is 75.2 Å². The maximum atomic E-state index is 13.0. The number of benzene rings is 1. The Balaban J connectivity index is 1.58. The molecular formula is C22H20N4O2. The summed E-state index contributed by atoms with van der Waals surface area (Å²) < 4.78 is 0. The Morgan fingerprint density at radius 3 is 2.71 bits per heavy atom. The van der Waals surface area contributed by atoms with E-state index in [0.717, 1.165) is 16.9 Å². The minimum atomic E-state index is -0.436. The van der Waals surface area contributed by atoms with E-state index in [0.29, 0.717) is 17.8 Å². The van der Waals surface area contributed by atoms with Gasteiger partial charge in [0.1, 0.15) is 0 Å². The van der Waals surface area contributed by atoms with E-state index in [1.54, 1.807) is 29.4 Å². The summed E-state index contributed by atoms with van der Waals surface area (Å²) in [6.07, 6.45) is 3.48. The second kappa shape index (κ2) is 7.60. The zero-order chi connectivity index (χ0) is 19.5. The normalized spacial score (nSPS) is 15.4. The number of aryl methyl sites for hydroxylation is 1. The number of amides is 2. The van der Waals surface area contributed by atoms with Crippen molar-refractivity contribution in [2.75, 3.05) is 4.90 Å². The third-order valence-electron chi connectivity index (χ3n) is 4.77. The molecule has 0 bridgehead atoms. The van der Waals surface area contributed by atoms with Crippen molar-refractivity contribution in [2.45, 2.75) is 25.9 Å². The minimum absolute atomic E-state index is 0.128. The number of anilines is 1. The van der Waals surface area contributed by atoms with Crippen LogP contribution in [0.5, 0.6) is 0 Å². The molecule has 0 spiro atoms. The van der Waals surface area contributed by atoms with Crippen LogP contribution in [0.15, 0.2) is 67.0 Å². The van der Waals surface area contributed by atoms with Crippen LogP contribution in [0, 0.1) is 6.92 Å². The minimum Gasteiger partial charge on any atom is -0.350 e. The number of fused-ring (bicyclic) bond motifs is 1. The van der Waals surface area contributed by atoms with Gasteiger partial charge in [-0.2, -0.15) is 0 Å². The fourth-order valence-electron chi connectivity index (χ4n) is 3.46. The second-order valence-electron chi connectivity index (χ2n) is 6.77. The number of hydrogen-bond donors (Lipinski definition) is 1. The fourth-order valence-corrected chi connectivity index (χ4v) is 3.46. The molecule has 3 aromatic rings. The smallest absolute Gasteiger partial charge is 0.260 e. The Kier molecular flexibility index (Phi) is 4.85. The lowest BCUT2D eigenvalue weighted by atomic mass is 10.1. The van der Waals surface area contributed by atoms with Crippen molar-refractivity contribution in [3.8, 4) is 0 Å². The summed E-state index contributed by atoms with van der Waals surface area (Å²) >= 11 is 0. The van der Waals surface area contributed by atoms with E-state index < -0.39 is 6.04 Å². The molecule has 3 heterocycles. The molecule has 6 nitrogen and oxygen atoms in total. The van der Waals surface area contributed by atoms with Gasteiger partial charge in [0.25, 0.3) is 5.91 Å². The average Bonchev–Trinajstić information content (AvgIpc) is 2.99. The molecule has 1 atom stereocenters. The van der Waals surface area contributed by atoms with E-state index >= 15 is 0 Å². The molecular weight excluding hydrogens is 352 g/mol. The van der Waals surface area contributed by atoms with Gasteiger partial charge in [0.05, 0.1) is 36.0 Å². The first-order valence-corrected chi connectivity index (χ1v) is 9.15. The number of rotatable bonds is 5. The highest BCUT2D eigenvalue weighted by Crippen LogP contribution is 2.38. The SMILES string of the molecule is Cc1cccc(N2C(=O)c3cccnc3C2CC(=O)NCc2ccccn2)c1.